The van der Waals surface area contributed by atoms with Gasteiger partial charge in [0.15, 0.2) is 11.6 Å². The van der Waals surface area contributed by atoms with E-state index in [-0.39, 0.29) is 23.4 Å². The van der Waals surface area contributed by atoms with Crippen LogP contribution >= 0.6 is 0 Å². The fourth-order valence-corrected chi connectivity index (χ4v) is 2.58. The van der Waals surface area contributed by atoms with E-state index in [0.29, 0.717) is 35.3 Å². The third kappa shape index (κ3) is 2.60. The fraction of sp³-hybridized carbons (Fsp3) is 0.562. The second kappa shape index (κ2) is 5.73. The minimum Gasteiger partial charge on any atom is -0.356 e. The molecule has 0 atom stereocenters. The highest BCUT2D eigenvalue weighted by Crippen LogP contribution is 2.27. The molecule has 1 amide bonds. The van der Waals surface area contributed by atoms with E-state index in [0.717, 1.165) is 19.3 Å². The summed E-state index contributed by atoms with van der Waals surface area (Å²) in [6.07, 6.45) is 3.48. The van der Waals surface area contributed by atoms with Crippen molar-refractivity contribution in [3.05, 3.63) is 22.3 Å². The standard InChI is InChI=1S/C16H21NO3/c1-9-10(2)15(19)13(11(3)14(9)18)7-8-17-16(20)12-5-4-6-12/h12H,4-8H2,1-3H3,(H,17,20). The van der Waals surface area contributed by atoms with Crippen LogP contribution < -0.4 is 5.32 Å². The Bertz CT molecular complexity index is 536. The normalized spacial score (nSPS) is 20.4. The van der Waals surface area contributed by atoms with Crippen molar-refractivity contribution in [3.63, 3.8) is 0 Å². The van der Waals surface area contributed by atoms with Crippen molar-refractivity contribution in [1.82, 2.24) is 5.32 Å². The summed E-state index contributed by atoms with van der Waals surface area (Å²) in [5.74, 6) is 0.116. The Morgan fingerprint density at radius 1 is 1.05 bits per heavy atom. The molecule has 1 fully saturated rings. The van der Waals surface area contributed by atoms with Gasteiger partial charge in [-0.3, -0.25) is 14.4 Å². The van der Waals surface area contributed by atoms with Gasteiger partial charge in [0, 0.05) is 34.8 Å². The van der Waals surface area contributed by atoms with Crippen LogP contribution in [0.15, 0.2) is 22.3 Å². The number of carbonyl (C=O) groups is 3. The Kier molecular flexibility index (Phi) is 4.21. The van der Waals surface area contributed by atoms with Gasteiger partial charge >= 0.3 is 0 Å². The zero-order chi connectivity index (χ0) is 14.9. The largest absolute Gasteiger partial charge is 0.356 e. The smallest absolute Gasteiger partial charge is 0.223 e. The molecule has 0 radical (unpaired) electrons. The maximum Gasteiger partial charge on any atom is 0.223 e. The average molecular weight is 275 g/mol. The second-order valence-corrected chi connectivity index (χ2v) is 5.68. The molecule has 0 aromatic heterocycles. The van der Waals surface area contributed by atoms with E-state index in [1.54, 1.807) is 20.8 Å². The van der Waals surface area contributed by atoms with Crippen molar-refractivity contribution in [3.8, 4) is 0 Å². The monoisotopic (exact) mass is 275 g/mol. The van der Waals surface area contributed by atoms with Crippen molar-refractivity contribution in [1.29, 1.82) is 0 Å². The lowest BCUT2D eigenvalue weighted by molar-refractivity contribution is -0.127. The SMILES string of the molecule is CC1=C(C)C(=O)C(CCNC(=O)C2CCC2)=C(C)C1=O. The van der Waals surface area contributed by atoms with Gasteiger partial charge in [0.05, 0.1) is 0 Å². The predicted molar refractivity (Wildman–Crippen MR) is 76.1 cm³/mol. The molecule has 0 bridgehead atoms. The first-order chi connectivity index (χ1) is 9.43. The van der Waals surface area contributed by atoms with Gasteiger partial charge in [0.1, 0.15) is 0 Å². The Labute approximate surface area is 119 Å². The Morgan fingerprint density at radius 3 is 2.20 bits per heavy atom. The van der Waals surface area contributed by atoms with Gasteiger partial charge in [-0.1, -0.05) is 6.42 Å². The quantitative estimate of drug-likeness (QED) is 0.799. The van der Waals surface area contributed by atoms with Crippen LogP contribution in [0.2, 0.25) is 0 Å². The van der Waals surface area contributed by atoms with E-state index >= 15 is 0 Å². The molecule has 0 aliphatic heterocycles. The average Bonchev–Trinajstić information content (AvgIpc) is 2.36. The minimum atomic E-state index is -0.0579. The summed E-state index contributed by atoms with van der Waals surface area (Å²) < 4.78 is 0. The highest BCUT2D eigenvalue weighted by molar-refractivity contribution is 6.24. The molecule has 2 aliphatic carbocycles. The highest BCUT2D eigenvalue weighted by Gasteiger charge is 2.28. The first kappa shape index (κ1) is 14.7. The zero-order valence-electron chi connectivity index (χ0n) is 12.3. The predicted octanol–water partition coefficient (Wildman–Crippen LogP) is 2.10. The molecule has 1 saturated carbocycles. The molecule has 20 heavy (non-hydrogen) atoms. The highest BCUT2D eigenvalue weighted by atomic mass is 16.2. The number of carbonyl (C=O) groups excluding carboxylic acids is 3. The molecular weight excluding hydrogens is 254 g/mol. The minimum absolute atomic E-state index is 0.0533. The first-order valence-electron chi connectivity index (χ1n) is 7.17. The van der Waals surface area contributed by atoms with Gasteiger partial charge in [-0.25, -0.2) is 0 Å². The van der Waals surface area contributed by atoms with Gasteiger partial charge in [-0.05, 0) is 40.0 Å². The molecule has 4 heteroatoms. The molecule has 0 heterocycles. The van der Waals surface area contributed by atoms with Crippen LogP contribution in [0.4, 0.5) is 0 Å². The van der Waals surface area contributed by atoms with Crippen molar-refractivity contribution in [2.45, 2.75) is 46.5 Å². The van der Waals surface area contributed by atoms with Gasteiger partial charge < -0.3 is 5.32 Å². The van der Waals surface area contributed by atoms with Crippen LogP contribution in [-0.4, -0.2) is 24.0 Å². The number of nitrogens with one attached hydrogen (secondary N) is 1. The van der Waals surface area contributed by atoms with Crippen molar-refractivity contribution < 1.29 is 14.4 Å². The van der Waals surface area contributed by atoms with E-state index in [1.807, 2.05) is 0 Å². The summed E-state index contributed by atoms with van der Waals surface area (Å²) in [7, 11) is 0. The Balaban J connectivity index is 1.96. The number of hydrogen-bond donors (Lipinski definition) is 1. The van der Waals surface area contributed by atoms with Crippen molar-refractivity contribution >= 4 is 17.5 Å². The van der Waals surface area contributed by atoms with Crippen LogP contribution in [0.25, 0.3) is 0 Å². The number of rotatable bonds is 4. The lowest BCUT2D eigenvalue weighted by atomic mass is 9.84. The molecule has 108 valence electrons. The summed E-state index contributed by atoms with van der Waals surface area (Å²) in [5, 5.41) is 2.86. The molecule has 0 aromatic carbocycles. The molecule has 4 nitrogen and oxygen atoms in total. The Morgan fingerprint density at radius 2 is 1.65 bits per heavy atom. The van der Waals surface area contributed by atoms with Gasteiger partial charge in [-0.15, -0.1) is 0 Å². The van der Waals surface area contributed by atoms with Crippen molar-refractivity contribution in [2.75, 3.05) is 6.54 Å². The number of hydrogen-bond acceptors (Lipinski definition) is 3. The summed E-state index contributed by atoms with van der Waals surface area (Å²) >= 11 is 0. The van der Waals surface area contributed by atoms with E-state index in [2.05, 4.69) is 5.32 Å². The fourth-order valence-electron chi connectivity index (χ4n) is 2.58. The van der Waals surface area contributed by atoms with Crippen LogP contribution in [0.3, 0.4) is 0 Å². The third-order valence-electron chi connectivity index (χ3n) is 4.46. The van der Waals surface area contributed by atoms with E-state index in [4.69, 9.17) is 0 Å². The molecule has 2 rings (SSSR count). The number of amides is 1. The molecule has 2 aliphatic rings. The van der Waals surface area contributed by atoms with Gasteiger partial charge in [0.2, 0.25) is 5.91 Å². The Hall–Kier alpha value is -1.71. The van der Waals surface area contributed by atoms with Crippen molar-refractivity contribution in [2.24, 2.45) is 5.92 Å². The van der Waals surface area contributed by atoms with Crippen LogP contribution in [0, 0.1) is 5.92 Å². The zero-order valence-corrected chi connectivity index (χ0v) is 12.3. The second-order valence-electron chi connectivity index (χ2n) is 5.68. The maximum atomic E-state index is 12.2. The lowest BCUT2D eigenvalue weighted by Crippen LogP contribution is -2.35. The van der Waals surface area contributed by atoms with Gasteiger partial charge in [-0.2, -0.15) is 0 Å². The molecule has 1 N–H and O–H groups in total. The van der Waals surface area contributed by atoms with Crippen LogP contribution in [-0.2, 0) is 14.4 Å². The number of Topliss-reactive ketones (excluding diaryl/α,β-unsaturated/α-hetero) is 2. The topological polar surface area (TPSA) is 63.2 Å². The van der Waals surface area contributed by atoms with Crippen LogP contribution in [0.1, 0.15) is 46.5 Å². The maximum absolute atomic E-state index is 12.2. The van der Waals surface area contributed by atoms with E-state index in [9.17, 15) is 14.4 Å². The third-order valence-corrected chi connectivity index (χ3v) is 4.46. The number of allylic oxidation sites excluding steroid dienone is 3. The molecular formula is C16H21NO3. The molecule has 0 saturated heterocycles. The lowest BCUT2D eigenvalue weighted by Gasteiger charge is -2.24. The van der Waals surface area contributed by atoms with Crippen LogP contribution in [0.5, 0.6) is 0 Å². The summed E-state index contributed by atoms with van der Waals surface area (Å²) in [6, 6.07) is 0. The first-order valence-corrected chi connectivity index (χ1v) is 7.17. The summed E-state index contributed by atoms with van der Waals surface area (Å²) in [6.45, 7) is 5.50. The van der Waals surface area contributed by atoms with Gasteiger partial charge in [0.25, 0.3) is 0 Å². The van der Waals surface area contributed by atoms with E-state index < -0.39 is 0 Å². The van der Waals surface area contributed by atoms with E-state index in [1.165, 1.54) is 0 Å². The molecule has 0 unspecified atom stereocenters. The molecule has 0 aromatic rings. The summed E-state index contributed by atoms with van der Waals surface area (Å²) in [5.41, 5.74) is 2.14. The number of ketones is 2. The summed E-state index contributed by atoms with van der Waals surface area (Å²) in [4.78, 5) is 35.9. The molecule has 0 spiro atoms.